The Hall–Kier alpha value is -4.35. The van der Waals surface area contributed by atoms with Gasteiger partial charge in [-0.05, 0) is 77.9 Å². The quantitative estimate of drug-likeness (QED) is 0.140. The van der Waals surface area contributed by atoms with Crippen molar-refractivity contribution in [2.75, 3.05) is 10.6 Å². The summed E-state index contributed by atoms with van der Waals surface area (Å²) in [7, 11) is 0. The van der Waals surface area contributed by atoms with E-state index in [9.17, 15) is 27.6 Å². The van der Waals surface area contributed by atoms with Gasteiger partial charge in [-0.25, -0.2) is 0 Å². The molecule has 3 amide bonds. The minimum atomic E-state index is -4.61. The van der Waals surface area contributed by atoms with Crippen LogP contribution >= 0.6 is 23.1 Å². The Morgan fingerprint density at radius 3 is 2.34 bits per heavy atom. The van der Waals surface area contributed by atoms with Crippen molar-refractivity contribution in [2.45, 2.75) is 23.2 Å². The Morgan fingerprint density at radius 1 is 0.902 bits per heavy atom. The molecule has 0 fully saturated rings. The molecule has 0 saturated carbocycles. The molecular weight excluding hydrogens is 571 g/mol. The van der Waals surface area contributed by atoms with E-state index < -0.39 is 34.7 Å². The van der Waals surface area contributed by atoms with Gasteiger partial charge in [-0.15, -0.1) is 11.8 Å². The molecule has 210 valence electrons. The number of carbonyl (C=O) groups is 3. The molecule has 6 nitrogen and oxygen atoms in total. The van der Waals surface area contributed by atoms with E-state index in [-0.39, 0.29) is 11.4 Å². The molecule has 3 aromatic carbocycles. The zero-order valence-electron chi connectivity index (χ0n) is 21.6. The SMILES string of the molecule is CC(Sc1cccc(NC(=O)/C(=C/c2ccsc2)NC(=O)c2ccccc2)c1)C(=O)Nc1ccccc1C(F)(F)F. The van der Waals surface area contributed by atoms with Gasteiger partial charge in [0.2, 0.25) is 5.91 Å². The number of alkyl halides is 3. The van der Waals surface area contributed by atoms with E-state index in [4.69, 9.17) is 0 Å². The minimum Gasteiger partial charge on any atom is -0.325 e. The number of thioether (sulfide) groups is 1. The highest BCUT2D eigenvalue weighted by molar-refractivity contribution is 8.00. The van der Waals surface area contributed by atoms with Gasteiger partial charge in [0.1, 0.15) is 5.70 Å². The number of hydrogen-bond acceptors (Lipinski definition) is 5. The molecule has 1 atom stereocenters. The molecule has 0 aliphatic heterocycles. The van der Waals surface area contributed by atoms with Gasteiger partial charge in [0.05, 0.1) is 16.5 Å². The first-order chi connectivity index (χ1) is 19.6. The summed E-state index contributed by atoms with van der Waals surface area (Å²) in [6.07, 6.45) is -3.04. The summed E-state index contributed by atoms with van der Waals surface area (Å²) in [6, 6.07) is 21.7. The average Bonchev–Trinajstić information content (AvgIpc) is 3.46. The molecule has 1 heterocycles. The third kappa shape index (κ3) is 8.32. The first-order valence-electron chi connectivity index (χ1n) is 12.3. The Balaban J connectivity index is 1.45. The standard InChI is InChI=1S/C30H24F3N3O3S2/c1-19(27(37)35-25-13-6-5-12-24(25)30(31,32)33)41-23-11-7-10-22(17-23)34-29(39)26(16-20-14-15-40-18-20)36-28(38)21-8-3-2-4-9-21/h2-19H,1H3,(H,34,39)(H,35,37)(H,36,38)/b26-16-. The zero-order chi connectivity index (χ0) is 29.4. The lowest BCUT2D eigenvalue weighted by molar-refractivity contribution is -0.137. The van der Waals surface area contributed by atoms with Crippen LogP contribution in [0, 0.1) is 0 Å². The van der Waals surface area contributed by atoms with Gasteiger partial charge in [-0.3, -0.25) is 14.4 Å². The van der Waals surface area contributed by atoms with Crippen LogP contribution in [0.3, 0.4) is 0 Å². The highest BCUT2D eigenvalue weighted by atomic mass is 32.2. The maximum absolute atomic E-state index is 13.3. The predicted molar refractivity (Wildman–Crippen MR) is 157 cm³/mol. The molecular formula is C30H24F3N3O3S2. The maximum atomic E-state index is 13.3. The molecule has 4 aromatic rings. The summed E-state index contributed by atoms with van der Waals surface area (Å²) < 4.78 is 39.9. The van der Waals surface area contributed by atoms with Gasteiger partial charge in [-0.1, -0.05) is 36.4 Å². The second-order valence-electron chi connectivity index (χ2n) is 8.71. The highest BCUT2D eigenvalue weighted by Gasteiger charge is 2.34. The number of thiophene rings is 1. The Labute approximate surface area is 242 Å². The van der Waals surface area contributed by atoms with Crippen molar-refractivity contribution in [1.82, 2.24) is 5.32 Å². The van der Waals surface area contributed by atoms with E-state index in [0.717, 1.165) is 23.4 Å². The van der Waals surface area contributed by atoms with E-state index in [2.05, 4.69) is 16.0 Å². The molecule has 11 heteroatoms. The smallest absolute Gasteiger partial charge is 0.325 e. The molecule has 3 N–H and O–H groups in total. The first-order valence-corrected chi connectivity index (χ1v) is 14.1. The number of benzene rings is 3. The number of anilines is 2. The van der Waals surface area contributed by atoms with E-state index >= 15 is 0 Å². The molecule has 0 aliphatic carbocycles. The van der Waals surface area contributed by atoms with Crippen molar-refractivity contribution in [3.63, 3.8) is 0 Å². The third-order valence-electron chi connectivity index (χ3n) is 5.65. The molecule has 0 radical (unpaired) electrons. The summed E-state index contributed by atoms with van der Waals surface area (Å²) >= 11 is 2.56. The second-order valence-corrected chi connectivity index (χ2v) is 10.9. The van der Waals surface area contributed by atoms with Crippen LogP contribution in [0.5, 0.6) is 0 Å². The topological polar surface area (TPSA) is 87.3 Å². The van der Waals surface area contributed by atoms with Crippen LogP contribution in [0.2, 0.25) is 0 Å². The number of carbonyl (C=O) groups excluding carboxylic acids is 3. The fourth-order valence-electron chi connectivity index (χ4n) is 3.64. The number of hydrogen-bond donors (Lipinski definition) is 3. The van der Waals surface area contributed by atoms with E-state index in [1.807, 2.05) is 16.8 Å². The number of nitrogens with one attached hydrogen (secondary N) is 3. The van der Waals surface area contributed by atoms with Crippen molar-refractivity contribution in [3.05, 3.63) is 118 Å². The van der Waals surface area contributed by atoms with Crippen molar-refractivity contribution in [3.8, 4) is 0 Å². The van der Waals surface area contributed by atoms with Gasteiger partial charge in [0.25, 0.3) is 11.8 Å². The number of rotatable bonds is 9. The molecule has 0 saturated heterocycles. The highest BCUT2D eigenvalue weighted by Crippen LogP contribution is 2.35. The van der Waals surface area contributed by atoms with E-state index in [0.29, 0.717) is 16.1 Å². The molecule has 1 aromatic heterocycles. The van der Waals surface area contributed by atoms with Crippen molar-refractivity contribution < 1.29 is 27.6 Å². The minimum absolute atomic E-state index is 0.0337. The van der Waals surface area contributed by atoms with Crippen molar-refractivity contribution in [2.24, 2.45) is 0 Å². The molecule has 0 aliphatic rings. The predicted octanol–water partition coefficient (Wildman–Crippen LogP) is 7.30. The Bertz CT molecular complexity index is 1560. The van der Waals surface area contributed by atoms with Crippen LogP contribution in [0.15, 0.2) is 106 Å². The molecule has 41 heavy (non-hydrogen) atoms. The summed E-state index contributed by atoms with van der Waals surface area (Å²) in [6.45, 7) is 1.57. The number of amides is 3. The number of para-hydroxylation sites is 1. The van der Waals surface area contributed by atoms with Crippen LogP contribution in [-0.4, -0.2) is 23.0 Å². The summed E-state index contributed by atoms with van der Waals surface area (Å²) in [5.74, 6) is -1.61. The van der Waals surface area contributed by atoms with Crippen LogP contribution in [-0.2, 0) is 15.8 Å². The average molecular weight is 596 g/mol. The van der Waals surface area contributed by atoms with Gasteiger partial charge >= 0.3 is 6.18 Å². The van der Waals surface area contributed by atoms with Gasteiger partial charge in [0.15, 0.2) is 0 Å². The monoisotopic (exact) mass is 595 g/mol. The Kier molecular flexibility index (Phi) is 9.64. The molecule has 0 bridgehead atoms. The normalized spacial score (nSPS) is 12.3. The molecule has 1 unspecified atom stereocenters. The van der Waals surface area contributed by atoms with E-state index in [1.165, 1.54) is 29.5 Å². The zero-order valence-corrected chi connectivity index (χ0v) is 23.2. The largest absolute Gasteiger partial charge is 0.418 e. The molecule has 4 rings (SSSR count). The van der Waals surface area contributed by atoms with Gasteiger partial charge < -0.3 is 16.0 Å². The van der Waals surface area contributed by atoms with Crippen LogP contribution < -0.4 is 16.0 Å². The second kappa shape index (κ2) is 13.3. The summed E-state index contributed by atoms with van der Waals surface area (Å²) in [5, 5.41) is 10.7. The first kappa shape index (κ1) is 29.6. The third-order valence-corrected chi connectivity index (χ3v) is 7.44. The van der Waals surface area contributed by atoms with Crippen LogP contribution in [0.1, 0.15) is 28.4 Å². The summed E-state index contributed by atoms with van der Waals surface area (Å²) in [5.41, 5.74) is 0.318. The van der Waals surface area contributed by atoms with E-state index in [1.54, 1.807) is 67.6 Å². The fourth-order valence-corrected chi connectivity index (χ4v) is 5.19. The lowest BCUT2D eigenvalue weighted by Crippen LogP contribution is -2.30. The van der Waals surface area contributed by atoms with Gasteiger partial charge in [-0.2, -0.15) is 24.5 Å². The van der Waals surface area contributed by atoms with Crippen molar-refractivity contribution in [1.29, 1.82) is 0 Å². The molecule has 0 spiro atoms. The maximum Gasteiger partial charge on any atom is 0.418 e. The van der Waals surface area contributed by atoms with Crippen molar-refractivity contribution >= 4 is 58.3 Å². The van der Waals surface area contributed by atoms with Crippen LogP contribution in [0.4, 0.5) is 24.5 Å². The lowest BCUT2D eigenvalue weighted by Gasteiger charge is -2.16. The van der Waals surface area contributed by atoms with Gasteiger partial charge in [0, 0.05) is 16.1 Å². The number of halogens is 3. The lowest BCUT2D eigenvalue weighted by atomic mass is 10.1. The Morgan fingerprint density at radius 2 is 1.63 bits per heavy atom. The van der Waals surface area contributed by atoms with Crippen LogP contribution in [0.25, 0.3) is 6.08 Å². The summed E-state index contributed by atoms with van der Waals surface area (Å²) in [4.78, 5) is 39.3. The fraction of sp³-hybridized carbons (Fsp3) is 0.100.